The van der Waals surface area contributed by atoms with Crippen molar-refractivity contribution in [3.8, 4) is 5.75 Å². The molecule has 1 aromatic carbocycles. The number of rotatable bonds is 8. The molecule has 2 aromatic rings. The third-order valence-electron chi connectivity index (χ3n) is 2.96. The minimum Gasteiger partial charge on any atom is -0.492 e. The quantitative estimate of drug-likeness (QED) is 0.802. The van der Waals surface area contributed by atoms with Gasteiger partial charge in [-0.25, -0.2) is 0 Å². The summed E-state index contributed by atoms with van der Waals surface area (Å²) in [4.78, 5) is 2.11. The van der Waals surface area contributed by atoms with Gasteiger partial charge in [-0.3, -0.25) is 0 Å². The molecule has 1 aromatic heterocycles. The minimum atomic E-state index is 0.697. The lowest BCUT2D eigenvalue weighted by Crippen LogP contribution is -2.20. The zero-order chi connectivity index (χ0) is 14.2. The van der Waals surface area contributed by atoms with Gasteiger partial charge in [0.15, 0.2) is 0 Å². The molecule has 0 aliphatic heterocycles. The molecule has 1 heterocycles. The molecule has 0 radical (unpaired) electrons. The Labute approximate surface area is 120 Å². The molecule has 0 atom stereocenters. The van der Waals surface area contributed by atoms with Gasteiger partial charge in [-0.1, -0.05) is 18.2 Å². The lowest BCUT2D eigenvalue weighted by atomic mass is 10.2. The number of benzene rings is 1. The van der Waals surface area contributed by atoms with Crippen LogP contribution in [0.1, 0.15) is 11.3 Å². The Kier molecular flexibility index (Phi) is 5.65. The highest BCUT2D eigenvalue weighted by atomic mass is 16.5. The summed E-state index contributed by atoms with van der Waals surface area (Å²) in [5, 5.41) is 3.36. The van der Waals surface area contributed by atoms with E-state index in [1.54, 1.807) is 6.26 Å². The molecule has 0 saturated carbocycles. The molecule has 0 amide bonds. The van der Waals surface area contributed by atoms with E-state index in [1.807, 2.05) is 44.4 Å². The smallest absolute Gasteiger partial charge is 0.123 e. The Morgan fingerprint density at radius 1 is 1.10 bits per heavy atom. The first-order chi connectivity index (χ1) is 9.75. The summed E-state index contributed by atoms with van der Waals surface area (Å²) in [5.74, 6) is 1.89. The Hall–Kier alpha value is -1.78. The number of hydrogen-bond acceptors (Lipinski definition) is 4. The van der Waals surface area contributed by atoms with Crippen LogP contribution in [0.5, 0.6) is 5.75 Å². The van der Waals surface area contributed by atoms with Crippen LogP contribution in [0.4, 0.5) is 0 Å². The van der Waals surface area contributed by atoms with Crippen molar-refractivity contribution < 1.29 is 9.15 Å². The lowest BCUT2D eigenvalue weighted by Gasteiger charge is -2.14. The van der Waals surface area contributed by atoms with Gasteiger partial charge in [0.1, 0.15) is 18.1 Å². The van der Waals surface area contributed by atoms with Gasteiger partial charge in [0.05, 0.1) is 12.8 Å². The summed E-state index contributed by atoms with van der Waals surface area (Å²) in [6.07, 6.45) is 1.69. The molecule has 0 unspecified atom stereocenters. The number of nitrogens with one attached hydrogen (secondary N) is 1. The standard InChI is InChI=1S/C16H22N2O2/c1-18(2)9-11-20-16-8-4-3-6-14(16)12-17-13-15-7-5-10-19-15/h3-8,10,17H,9,11-13H2,1-2H3. The summed E-state index contributed by atoms with van der Waals surface area (Å²) < 4.78 is 11.1. The number of furan rings is 1. The van der Waals surface area contributed by atoms with Crippen LogP contribution in [0, 0.1) is 0 Å². The van der Waals surface area contributed by atoms with Crippen LogP contribution in [-0.2, 0) is 13.1 Å². The number of likely N-dealkylation sites (N-methyl/N-ethyl adjacent to an activating group) is 1. The highest BCUT2D eigenvalue weighted by molar-refractivity contribution is 5.33. The lowest BCUT2D eigenvalue weighted by molar-refractivity contribution is 0.259. The van der Waals surface area contributed by atoms with E-state index in [2.05, 4.69) is 16.3 Å². The van der Waals surface area contributed by atoms with E-state index in [0.717, 1.165) is 36.7 Å². The average molecular weight is 274 g/mol. The molecule has 0 spiro atoms. The van der Waals surface area contributed by atoms with Gasteiger partial charge in [-0.05, 0) is 32.3 Å². The van der Waals surface area contributed by atoms with E-state index in [9.17, 15) is 0 Å². The van der Waals surface area contributed by atoms with Crippen LogP contribution < -0.4 is 10.1 Å². The predicted octanol–water partition coefficient (Wildman–Crippen LogP) is 2.51. The van der Waals surface area contributed by atoms with Crippen LogP contribution in [-0.4, -0.2) is 32.1 Å². The predicted molar refractivity (Wildman–Crippen MR) is 79.7 cm³/mol. The van der Waals surface area contributed by atoms with E-state index >= 15 is 0 Å². The second-order valence-electron chi connectivity index (χ2n) is 4.94. The van der Waals surface area contributed by atoms with Gasteiger partial charge >= 0.3 is 0 Å². The number of hydrogen-bond donors (Lipinski definition) is 1. The largest absolute Gasteiger partial charge is 0.492 e. The maximum absolute atomic E-state index is 5.83. The van der Waals surface area contributed by atoms with Crippen LogP contribution in [0.3, 0.4) is 0 Å². The molecule has 20 heavy (non-hydrogen) atoms. The number of para-hydroxylation sites is 1. The molecule has 1 N–H and O–H groups in total. The van der Waals surface area contributed by atoms with Crippen LogP contribution in [0.15, 0.2) is 47.1 Å². The summed E-state index contributed by atoms with van der Waals surface area (Å²) in [6.45, 7) is 3.09. The van der Waals surface area contributed by atoms with Crippen LogP contribution in [0.2, 0.25) is 0 Å². The van der Waals surface area contributed by atoms with Crippen molar-refractivity contribution >= 4 is 0 Å². The van der Waals surface area contributed by atoms with Crippen molar-refractivity contribution in [2.45, 2.75) is 13.1 Å². The fourth-order valence-corrected chi connectivity index (χ4v) is 1.86. The van der Waals surface area contributed by atoms with Crippen LogP contribution >= 0.6 is 0 Å². The van der Waals surface area contributed by atoms with Crippen LogP contribution in [0.25, 0.3) is 0 Å². The first kappa shape index (κ1) is 14.6. The molecule has 0 aliphatic rings. The third-order valence-corrected chi connectivity index (χ3v) is 2.96. The molecule has 4 heteroatoms. The van der Waals surface area contributed by atoms with E-state index in [4.69, 9.17) is 9.15 Å². The Bertz CT molecular complexity index is 495. The van der Waals surface area contributed by atoms with E-state index in [0.29, 0.717) is 6.61 Å². The Morgan fingerprint density at radius 3 is 2.70 bits per heavy atom. The second kappa shape index (κ2) is 7.72. The van der Waals surface area contributed by atoms with E-state index in [1.165, 1.54) is 0 Å². The molecule has 2 rings (SSSR count). The fourth-order valence-electron chi connectivity index (χ4n) is 1.86. The van der Waals surface area contributed by atoms with E-state index in [-0.39, 0.29) is 0 Å². The monoisotopic (exact) mass is 274 g/mol. The number of ether oxygens (including phenoxy) is 1. The second-order valence-corrected chi connectivity index (χ2v) is 4.94. The first-order valence-corrected chi connectivity index (χ1v) is 6.84. The van der Waals surface area contributed by atoms with Crippen molar-refractivity contribution in [2.24, 2.45) is 0 Å². The van der Waals surface area contributed by atoms with Gasteiger partial charge in [-0.2, -0.15) is 0 Å². The van der Waals surface area contributed by atoms with Crippen molar-refractivity contribution in [1.82, 2.24) is 10.2 Å². The van der Waals surface area contributed by atoms with Crippen molar-refractivity contribution in [3.63, 3.8) is 0 Å². The number of nitrogens with zero attached hydrogens (tertiary/aromatic N) is 1. The minimum absolute atomic E-state index is 0.697. The normalized spacial score (nSPS) is 10.9. The maximum Gasteiger partial charge on any atom is 0.123 e. The van der Waals surface area contributed by atoms with Gasteiger partial charge < -0.3 is 19.4 Å². The van der Waals surface area contributed by atoms with Gasteiger partial charge in [0.2, 0.25) is 0 Å². The summed E-state index contributed by atoms with van der Waals surface area (Å²) in [5.41, 5.74) is 1.16. The fraction of sp³-hybridized carbons (Fsp3) is 0.375. The summed E-state index contributed by atoms with van der Waals surface area (Å²) >= 11 is 0. The average Bonchev–Trinajstić information content (AvgIpc) is 2.93. The van der Waals surface area contributed by atoms with Gasteiger partial charge in [0, 0.05) is 18.7 Å². The molecule has 0 aliphatic carbocycles. The maximum atomic E-state index is 5.83. The zero-order valence-corrected chi connectivity index (χ0v) is 12.1. The molecule has 0 saturated heterocycles. The molecule has 108 valence electrons. The highest BCUT2D eigenvalue weighted by Gasteiger charge is 2.03. The SMILES string of the molecule is CN(C)CCOc1ccccc1CNCc1ccco1. The van der Waals surface area contributed by atoms with Crippen molar-refractivity contribution in [1.29, 1.82) is 0 Å². The summed E-state index contributed by atoms with van der Waals surface area (Å²) in [6, 6.07) is 12.0. The Balaban J connectivity index is 1.83. The Morgan fingerprint density at radius 2 is 1.95 bits per heavy atom. The van der Waals surface area contributed by atoms with Gasteiger partial charge in [-0.15, -0.1) is 0 Å². The molecule has 4 nitrogen and oxygen atoms in total. The third kappa shape index (κ3) is 4.72. The molecule has 0 fully saturated rings. The van der Waals surface area contributed by atoms with Crippen molar-refractivity contribution in [3.05, 3.63) is 54.0 Å². The van der Waals surface area contributed by atoms with Crippen molar-refractivity contribution in [2.75, 3.05) is 27.2 Å². The van der Waals surface area contributed by atoms with E-state index < -0.39 is 0 Å². The summed E-state index contributed by atoms with van der Waals surface area (Å²) in [7, 11) is 4.08. The molecule has 0 bridgehead atoms. The first-order valence-electron chi connectivity index (χ1n) is 6.84. The topological polar surface area (TPSA) is 37.6 Å². The highest BCUT2D eigenvalue weighted by Crippen LogP contribution is 2.17. The molecular formula is C16H22N2O2. The van der Waals surface area contributed by atoms with Gasteiger partial charge in [0.25, 0.3) is 0 Å². The molecular weight excluding hydrogens is 252 g/mol. The zero-order valence-electron chi connectivity index (χ0n) is 12.1.